The van der Waals surface area contributed by atoms with E-state index in [2.05, 4.69) is 30.1 Å². The number of nitrogens with zero attached hydrogens (tertiary/aromatic N) is 2. The summed E-state index contributed by atoms with van der Waals surface area (Å²) in [7, 11) is 0. The standard InChI is InChI=1S/C18H25N3O/c1-14(2)12-21-9-5-6-15(13-21)11-20-18(22)17-8-4-3-7-16(17)10-19/h3-4,7-8,14-15H,5-6,9,11-13H2,1-2H3,(H,20,22)/t15-/m0/s1. The summed E-state index contributed by atoms with van der Waals surface area (Å²) in [6.07, 6.45) is 2.36. The van der Waals surface area contributed by atoms with E-state index < -0.39 is 0 Å². The van der Waals surface area contributed by atoms with E-state index in [1.165, 1.54) is 13.0 Å². The van der Waals surface area contributed by atoms with Crippen molar-refractivity contribution in [2.45, 2.75) is 26.7 Å². The highest BCUT2D eigenvalue weighted by Crippen LogP contribution is 2.17. The molecule has 1 N–H and O–H groups in total. The van der Waals surface area contributed by atoms with Gasteiger partial charge in [0.05, 0.1) is 17.2 Å². The number of carbonyl (C=O) groups is 1. The van der Waals surface area contributed by atoms with Crippen LogP contribution in [0.5, 0.6) is 0 Å². The second-order valence-electron chi connectivity index (χ2n) is 6.53. The van der Waals surface area contributed by atoms with Crippen LogP contribution in [-0.2, 0) is 0 Å². The Hall–Kier alpha value is -1.86. The fraction of sp³-hybridized carbons (Fsp3) is 0.556. The zero-order valence-electron chi connectivity index (χ0n) is 13.5. The first-order valence-corrected chi connectivity index (χ1v) is 8.10. The Labute approximate surface area is 133 Å². The minimum Gasteiger partial charge on any atom is -0.352 e. The second-order valence-corrected chi connectivity index (χ2v) is 6.53. The summed E-state index contributed by atoms with van der Waals surface area (Å²) < 4.78 is 0. The van der Waals surface area contributed by atoms with Crippen molar-refractivity contribution >= 4 is 5.91 Å². The third-order valence-electron chi connectivity index (χ3n) is 4.07. The predicted molar refractivity (Wildman–Crippen MR) is 87.5 cm³/mol. The fourth-order valence-corrected chi connectivity index (χ4v) is 3.11. The zero-order valence-corrected chi connectivity index (χ0v) is 13.5. The quantitative estimate of drug-likeness (QED) is 0.909. The summed E-state index contributed by atoms with van der Waals surface area (Å²) in [6, 6.07) is 9.03. The molecule has 118 valence electrons. The van der Waals surface area contributed by atoms with Crippen LogP contribution in [0.3, 0.4) is 0 Å². The molecule has 0 aromatic heterocycles. The molecule has 0 unspecified atom stereocenters. The summed E-state index contributed by atoms with van der Waals surface area (Å²) in [5, 5.41) is 12.1. The molecule has 1 heterocycles. The normalized spacial score (nSPS) is 18.9. The van der Waals surface area contributed by atoms with Crippen molar-refractivity contribution in [1.29, 1.82) is 5.26 Å². The Balaban J connectivity index is 1.87. The van der Waals surface area contributed by atoms with Gasteiger partial charge in [-0.2, -0.15) is 5.26 Å². The van der Waals surface area contributed by atoms with Crippen molar-refractivity contribution in [3.63, 3.8) is 0 Å². The number of nitriles is 1. The van der Waals surface area contributed by atoms with Crippen LogP contribution >= 0.6 is 0 Å². The van der Waals surface area contributed by atoms with Crippen LogP contribution < -0.4 is 5.32 Å². The Morgan fingerprint density at radius 1 is 1.45 bits per heavy atom. The van der Waals surface area contributed by atoms with E-state index in [9.17, 15) is 4.79 Å². The van der Waals surface area contributed by atoms with Gasteiger partial charge in [-0.25, -0.2) is 0 Å². The maximum absolute atomic E-state index is 12.3. The molecule has 1 aliphatic rings. The molecule has 22 heavy (non-hydrogen) atoms. The Morgan fingerprint density at radius 3 is 2.95 bits per heavy atom. The SMILES string of the molecule is CC(C)CN1CCC[C@@H](CNC(=O)c2ccccc2C#N)C1. The fourth-order valence-electron chi connectivity index (χ4n) is 3.11. The van der Waals surface area contributed by atoms with Gasteiger partial charge in [0.25, 0.3) is 5.91 Å². The van der Waals surface area contributed by atoms with Crippen LogP contribution in [-0.4, -0.2) is 37.0 Å². The summed E-state index contributed by atoms with van der Waals surface area (Å²) in [4.78, 5) is 14.7. The van der Waals surface area contributed by atoms with E-state index in [-0.39, 0.29) is 5.91 Å². The number of benzene rings is 1. The van der Waals surface area contributed by atoms with Crippen molar-refractivity contribution in [3.05, 3.63) is 35.4 Å². The number of piperidine rings is 1. The lowest BCUT2D eigenvalue weighted by Gasteiger charge is -2.33. The first kappa shape index (κ1) is 16.5. The van der Waals surface area contributed by atoms with E-state index in [1.54, 1.807) is 24.3 Å². The third kappa shape index (κ3) is 4.57. The Bertz CT molecular complexity index is 548. The molecule has 1 amide bonds. The monoisotopic (exact) mass is 299 g/mol. The van der Waals surface area contributed by atoms with Gasteiger partial charge in [-0.15, -0.1) is 0 Å². The molecular weight excluding hydrogens is 274 g/mol. The highest BCUT2D eigenvalue weighted by Gasteiger charge is 2.21. The largest absolute Gasteiger partial charge is 0.352 e. The number of carbonyl (C=O) groups excluding carboxylic acids is 1. The molecule has 2 rings (SSSR count). The molecule has 0 aliphatic carbocycles. The molecule has 0 bridgehead atoms. The first-order chi connectivity index (χ1) is 10.6. The van der Waals surface area contributed by atoms with Crippen LogP contribution in [0, 0.1) is 23.2 Å². The van der Waals surface area contributed by atoms with Crippen LogP contribution in [0.1, 0.15) is 42.6 Å². The van der Waals surface area contributed by atoms with E-state index in [0.717, 1.165) is 19.5 Å². The maximum atomic E-state index is 12.3. The van der Waals surface area contributed by atoms with Gasteiger partial charge in [0.1, 0.15) is 0 Å². The molecule has 1 atom stereocenters. The molecule has 1 aromatic carbocycles. The van der Waals surface area contributed by atoms with Gasteiger partial charge in [-0.1, -0.05) is 26.0 Å². The van der Waals surface area contributed by atoms with Crippen molar-refractivity contribution in [2.75, 3.05) is 26.2 Å². The number of amides is 1. The van der Waals surface area contributed by atoms with Crippen LogP contribution in [0.15, 0.2) is 24.3 Å². The lowest BCUT2D eigenvalue weighted by Crippen LogP contribution is -2.42. The van der Waals surface area contributed by atoms with E-state index in [0.29, 0.717) is 29.5 Å². The van der Waals surface area contributed by atoms with Crippen LogP contribution in [0.25, 0.3) is 0 Å². The van der Waals surface area contributed by atoms with Crippen molar-refractivity contribution in [3.8, 4) is 6.07 Å². The summed E-state index contributed by atoms with van der Waals surface area (Å²) in [5.74, 6) is 1.04. The number of hydrogen-bond donors (Lipinski definition) is 1. The third-order valence-corrected chi connectivity index (χ3v) is 4.07. The minimum absolute atomic E-state index is 0.141. The average Bonchev–Trinajstić information content (AvgIpc) is 2.52. The highest BCUT2D eigenvalue weighted by atomic mass is 16.1. The van der Waals surface area contributed by atoms with E-state index >= 15 is 0 Å². The van der Waals surface area contributed by atoms with Gasteiger partial charge in [0, 0.05) is 19.6 Å². The molecule has 0 radical (unpaired) electrons. The number of hydrogen-bond acceptors (Lipinski definition) is 3. The van der Waals surface area contributed by atoms with Gasteiger partial charge in [-0.3, -0.25) is 4.79 Å². The summed E-state index contributed by atoms with van der Waals surface area (Å²) in [5.41, 5.74) is 0.907. The number of nitrogens with one attached hydrogen (secondary N) is 1. The first-order valence-electron chi connectivity index (χ1n) is 8.10. The van der Waals surface area contributed by atoms with Gasteiger partial charge in [0.2, 0.25) is 0 Å². The lowest BCUT2D eigenvalue weighted by molar-refractivity contribution is 0.0929. The molecule has 4 heteroatoms. The number of rotatable bonds is 5. The molecule has 1 fully saturated rings. The predicted octanol–water partition coefficient (Wildman–Crippen LogP) is 2.66. The van der Waals surface area contributed by atoms with Gasteiger partial charge < -0.3 is 10.2 Å². The van der Waals surface area contributed by atoms with Crippen LogP contribution in [0.4, 0.5) is 0 Å². The minimum atomic E-state index is -0.141. The molecule has 1 saturated heterocycles. The van der Waals surface area contributed by atoms with E-state index in [1.807, 2.05) is 0 Å². The maximum Gasteiger partial charge on any atom is 0.252 e. The molecule has 1 aromatic rings. The van der Waals surface area contributed by atoms with Gasteiger partial charge in [0.15, 0.2) is 0 Å². The summed E-state index contributed by atoms with van der Waals surface area (Å²) >= 11 is 0. The van der Waals surface area contributed by atoms with E-state index in [4.69, 9.17) is 5.26 Å². The average molecular weight is 299 g/mol. The number of likely N-dealkylation sites (tertiary alicyclic amines) is 1. The molecular formula is C18H25N3O. The molecule has 4 nitrogen and oxygen atoms in total. The zero-order chi connectivity index (χ0) is 15.9. The van der Waals surface area contributed by atoms with Crippen molar-refractivity contribution in [2.24, 2.45) is 11.8 Å². The van der Waals surface area contributed by atoms with Gasteiger partial charge >= 0.3 is 0 Å². The smallest absolute Gasteiger partial charge is 0.252 e. The highest BCUT2D eigenvalue weighted by molar-refractivity contribution is 5.96. The van der Waals surface area contributed by atoms with Gasteiger partial charge in [-0.05, 0) is 43.4 Å². The Morgan fingerprint density at radius 2 is 2.23 bits per heavy atom. The summed E-state index contributed by atoms with van der Waals surface area (Å²) in [6.45, 7) is 8.52. The Kier molecular flexibility index (Phi) is 5.97. The molecule has 0 saturated carbocycles. The second kappa shape index (κ2) is 7.95. The molecule has 1 aliphatic heterocycles. The topological polar surface area (TPSA) is 56.1 Å². The van der Waals surface area contributed by atoms with Crippen LogP contribution in [0.2, 0.25) is 0 Å². The lowest BCUT2D eigenvalue weighted by atomic mass is 9.97. The van der Waals surface area contributed by atoms with Crippen molar-refractivity contribution < 1.29 is 4.79 Å². The molecule has 0 spiro atoms. The van der Waals surface area contributed by atoms with Crippen molar-refractivity contribution in [1.82, 2.24) is 10.2 Å².